The molecule has 1 spiro atoms. The Morgan fingerprint density at radius 2 is 1.64 bits per heavy atom. The van der Waals surface area contributed by atoms with Gasteiger partial charge in [0.15, 0.2) is 0 Å². The minimum Gasteiger partial charge on any atom is -0.356 e. The first-order chi connectivity index (χ1) is 6.81. The van der Waals surface area contributed by atoms with Crippen molar-refractivity contribution in [3.05, 3.63) is 0 Å². The summed E-state index contributed by atoms with van der Waals surface area (Å²) in [7, 11) is 0. The van der Waals surface area contributed by atoms with E-state index in [0.717, 1.165) is 19.4 Å². The summed E-state index contributed by atoms with van der Waals surface area (Å²) in [4.78, 5) is 11.3. The number of hydrogen-bond acceptors (Lipinski definition) is 1. The molecule has 1 aliphatic carbocycles. The maximum atomic E-state index is 11.3. The number of hydrogen-bond donors (Lipinski definition) is 1. The van der Waals surface area contributed by atoms with E-state index in [1.807, 2.05) is 0 Å². The van der Waals surface area contributed by atoms with Crippen molar-refractivity contribution in [2.24, 2.45) is 5.41 Å². The Kier molecular flexibility index (Phi) is 3.09. The molecular weight excluding hydrogens is 174 g/mol. The molecule has 2 nitrogen and oxygen atoms in total. The van der Waals surface area contributed by atoms with E-state index in [-0.39, 0.29) is 5.91 Å². The van der Waals surface area contributed by atoms with Gasteiger partial charge in [0, 0.05) is 13.0 Å². The van der Waals surface area contributed by atoms with Crippen LogP contribution in [0.5, 0.6) is 0 Å². The van der Waals surface area contributed by atoms with Crippen molar-refractivity contribution in [2.75, 3.05) is 6.54 Å². The predicted molar refractivity (Wildman–Crippen MR) is 57.0 cm³/mol. The SMILES string of the molecule is O=C1CCC2(CCCCCC2)CCN1. The molecule has 80 valence electrons. The Bertz CT molecular complexity index is 204. The molecule has 1 saturated carbocycles. The first-order valence-electron chi connectivity index (χ1n) is 6.08. The van der Waals surface area contributed by atoms with E-state index < -0.39 is 0 Å². The Hall–Kier alpha value is -0.530. The molecule has 2 fully saturated rings. The van der Waals surface area contributed by atoms with Gasteiger partial charge in [0.1, 0.15) is 0 Å². The Balaban J connectivity index is 2.00. The van der Waals surface area contributed by atoms with Crippen molar-refractivity contribution < 1.29 is 4.79 Å². The normalized spacial score (nSPS) is 27.9. The lowest BCUT2D eigenvalue weighted by Gasteiger charge is -2.30. The molecule has 0 atom stereocenters. The standard InChI is InChI=1S/C12H21NO/c14-11-5-8-12(9-10-13-11)6-3-1-2-4-7-12/h1-10H2,(H,13,14). The molecule has 2 aliphatic rings. The van der Waals surface area contributed by atoms with Crippen molar-refractivity contribution in [2.45, 2.75) is 57.8 Å². The van der Waals surface area contributed by atoms with Crippen LogP contribution in [0.3, 0.4) is 0 Å². The van der Waals surface area contributed by atoms with Gasteiger partial charge in [-0.1, -0.05) is 25.7 Å². The second-order valence-electron chi connectivity index (χ2n) is 5.01. The Morgan fingerprint density at radius 3 is 2.36 bits per heavy atom. The second kappa shape index (κ2) is 4.33. The van der Waals surface area contributed by atoms with Gasteiger partial charge in [-0.2, -0.15) is 0 Å². The van der Waals surface area contributed by atoms with Crippen LogP contribution in [-0.2, 0) is 4.79 Å². The summed E-state index contributed by atoms with van der Waals surface area (Å²) >= 11 is 0. The Morgan fingerprint density at radius 1 is 0.929 bits per heavy atom. The van der Waals surface area contributed by atoms with E-state index in [9.17, 15) is 4.79 Å². The highest BCUT2D eigenvalue weighted by atomic mass is 16.1. The molecule has 2 rings (SSSR count). The minimum atomic E-state index is 0.270. The highest BCUT2D eigenvalue weighted by Gasteiger charge is 2.32. The van der Waals surface area contributed by atoms with Crippen LogP contribution in [0.1, 0.15) is 57.8 Å². The largest absolute Gasteiger partial charge is 0.356 e. The maximum Gasteiger partial charge on any atom is 0.220 e. The van der Waals surface area contributed by atoms with Crippen LogP contribution >= 0.6 is 0 Å². The van der Waals surface area contributed by atoms with Crippen LogP contribution in [0.15, 0.2) is 0 Å². The van der Waals surface area contributed by atoms with Gasteiger partial charge in [-0.15, -0.1) is 0 Å². The first-order valence-corrected chi connectivity index (χ1v) is 6.08. The predicted octanol–water partition coefficient (Wildman–Crippen LogP) is 2.63. The molecule has 0 radical (unpaired) electrons. The van der Waals surface area contributed by atoms with Crippen molar-refractivity contribution >= 4 is 5.91 Å². The van der Waals surface area contributed by atoms with E-state index in [1.54, 1.807) is 0 Å². The Labute approximate surface area is 86.5 Å². The molecule has 1 heterocycles. The number of rotatable bonds is 0. The maximum absolute atomic E-state index is 11.3. The molecule has 0 aromatic rings. The number of carbonyl (C=O) groups is 1. The van der Waals surface area contributed by atoms with Gasteiger partial charge in [0.2, 0.25) is 5.91 Å². The van der Waals surface area contributed by atoms with E-state index in [1.165, 1.54) is 44.9 Å². The molecular formula is C12H21NO. The van der Waals surface area contributed by atoms with Crippen LogP contribution < -0.4 is 5.32 Å². The minimum absolute atomic E-state index is 0.270. The van der Waals surface area contributed by atoms with E-state index in [4.69, 9.17) is 0 Å². The monoisotopic (exact) mass is 195 g/mol. The van der Waals surface area contributed by atoms with Gasteiger partial charge in [-0.25, -0.2) is 0 Å². The van der Waals surface area contributed by atoms with Crippen LogP contribution in [0.2, 0.25) is 0 Å². The lowest BCUT2D eigenvalue weighted by atomic mass is 9.74. The van der Waals surface area contributed by atoms with Crippen molar-refractivity contribution in [3.63, 3.8) is 0 Å². The summed E-state index contributed by atoms with van der Waals surface area (Å²) in [5.74, 6) is 0.270. The zero-order chi connectivity index (χ0) is 9.86. The number of nitrogens with one attached hydrogen (secondary N) is 1. The smallest absolute Gasteiger partial charge is 0.220 e. The van der Waals surface area contributed by atoms with Gasteiger partial charge in [0.25, 0.3) is 0 Å². The van der Waals surface area contributed by atoms with Crippen molar-refractivity contribution in [1.82, 2.24) is 5.32 Å². The summed E-state index contributed by atoms with van der Waals surface area (Å²) in [6, 6.07) is 0. The molecule has 1 amide bonds. The third kappa shape index (κ3) is 2.28. The van der Waals surface area contributed by atoms with Crippen LogP contribution in [0.4, 0.5) is 0 Å². The van der Waals surface area contributed by atoms with Gasteiger partial charge >= 0.3 is 0 Å². The van der Waals surface area contributed by atoms with Gasteiger partial charge in [-0.05, 0) is 31.1 Å². The fourth-order valence-electron chi connectivity index (χ4n) is 3.04. The van der Waals surface area contributed by atoms with Gasteiger partial charge in [0.05, 0.1) is 0 Å². The van der Waals surface area contributed by atoms with E-state index in [0.29, 0.717) is 5.41 Å². The number of amides is 1. The average Bonchev–Trinajstić information content (AvgIpc) is 2.50. The molecule has 0 aromatic heterocycles. The fourth-order valence-corrected chi connectivity index (χ4v) is 3.04. The highest BCUT2D eigenvalue weighted by molar-refractivity contribution is 5.76. The van der Waals surface area contributed by atoms with Crippen LogP contribution in [-0.4, -0.2) is 12.5 Å². The topological polar surface area (TPSA) is 29.1 Å². The first kappa shape index (κ1) is 10.0. The summed E-state index contributed by atoms with van der Waals surface area (Å²) in [6.45, 7) is 0.916. The van der Waals surface area contributed by atoms with Crippen molar-refractivity contribution in [1.29, 1.82) is 0 Å². The van der Waals surface area contributed by atoms with E-state index >= 15 is 0 Å². The average molecular weight is 195 g/mol. The molecule has 1 N–H and O–H groups in total. The molecule has 14 heavy (non-hydrogen) atoms. The summed E-state index contributed by atoms with van der Waals surface area (Å²) in [5.41, 5.74) is 0.523. The highest BCUT2D eigenvalue weighted by Crippen LogP contribution is 2.42. The lowest BCUT2D eigenvalue weighted by molar-refractivity contribution is -0.120. The quantitative estimate of drug-likeness (QED) is 0.632. The van der Waals surface area contributed by atoms with Crippen molar-refractivity contribution in [3.8, 4) is 0 Å². The molecule has 1 aliphatic heterocycles. The zero-order valence-electron chi connectivity index (χ0n) is 8.98. The van der Waals surface area contributed by atoms with Gasteiger partial charge in [-0.3, -0.25) is 4.79 Å². The van der Waals surface area contributed by atoms with E-state index in [2.05, 4.69) is 5.32 Å². The summed E-state index contributed by atoms with van der Waals surface area (Å²) < 4.78 is 0. The van der Waals surface area contributed by atoms with Crippen LogP contribution in [0.25, 0.3) is 0 Å². The summed E-state index contributed by atoms with van der Waals surface area (Å²) in [5, 5.41) is 3.00. The zero-order valence-corrected chi connectivity index (χ0v) is 8.98. The molecule has 0 unspecified atom stereocenters. The fraction of sp³-hybridized carbons (Fsp3) is 0.917. The van der Waals surface area contributed by atoms with Gasteiger partial charge < -0.3 is 5.32 Å². The summed E-state index contributed by atoms with van der Waals surface area (Å²) in [6.07, 6.45) is 11.4. The molecule has 2 heteroatoms. The molecule has 1 saturated heterocycles. The third-order valence-corrected chi connectivity index (χ3v) is 4.02. The molecule has 0 aromatic carbocycles. The lowest BCUT2D eigenvalue weighted by Crippen LogP contribution is -2.23. The second-order valence-corrected chi connectivity index (χ2v) is 5.01. The molecule has 0 bridgehead atoms. The van der Waals surface area contributed by atoms with Crippen LogP contribution in [0, 0.1) is 5.41 Å². The number of carbonyl (C=O) groups excluding carboxylic acids is 1. The third-order valence-electron chi connectivity index (χ3n) is 4.02.